The van der Waals surface area contributed by atoms with Crippen LogP contribution in [0.1, 0.15) is 98.8 Å². The van der Waals surface area contributed by atoms with Gasteiger partial charge in [-0.25, -0.2) is 0 Å². The van der Waals surface area contributed by atoms with Gasteiger partial charge in [-0.05, 0) is 75.7 Å². The van der Waals surface area contributed by atoms with Crippen LogP contribution in [0.3, 0.4) is 0 Å². The van der Waals surface area contributed by atoms with Crippen molar-refractivity contribution >= 4 is 17.9 Å². The van der Waals surface area contributed by atoms with Crippen molar-refractivity contribution in [1.82, 2.24) is 5.39 Å². The second kappa shape index (κ2) is 15.3. The van der Waals surface area contributed by atoms with E-state index in [-0.39, 0.29) is 72.7 Å². The standard InChI is InChI=1S/C31H49NO9/c1-6-31(4,5)30(35)41-26-17-20(2)16-22-12-11-21(3)25(29(22)26)14-13-23-18-24(19-28(34)39-23)40-27(33)10-8-7-9-15-38-32(36)37/h11-12,16,20-21,23-26,29,36-37H,6-10,13-15,17-19H2,1-5H3/t20-,21-,23?,24?,25-,26-,29-/m0/s1. The van der Waals surface area contributed by atoms with Crippen LogP contribution in [0.25, 0.3) is 0 Å². The molecule has 0 aromatic carbocycles. The van der Waals surface area contributed by atoms with Gasteiger partial charge in [-0.15, -0.1) is 0 Å². The molecule has 0 aromatic heterocycles. The van der Waals surface area contributed by atoms with Gasteiger partial charge in [-0.2, -0.15) is 0 Å². The van der Waals surface area contributed by atoms with Crippen LogP contribution in [0.15, 0.2) is 23.8 Å². The Labute approximate surface area is 243 Å². The first-order chi connectivity index (χ1) is 19.4. The third kappa shape index (κ3) is 9.91. The van der Waals surface area contributed by atoms with Crippen molar-refractivity contribution in [2.75, 3.05) is 6.61 Å². The number of cyclic esters (lactones) is 1. The van der Waals surface area contributed by atoms with E-state index < -0.39 is 11.5 Å². The molecule has 1 saturated heterocycles. The lowest BCUT2D eigenvalue weighted by molar-refractivity contribution is -0.492. The van der Waals surface area contributed by atoms with Gasteiger partial charge in [0.1, 0.15) is 18.3 Å². The zero-order chi connectivity index (χ0) is 30.2. The number of ether oxygens (including phenoxy) is 3. The molecule has 1 aliphatic heterocycles. The van der Waals surface area contributed by atoms with E-state index >= 15 is 0 Å². The molecule has 2 N–H and O–H groups in total. The van der Waals surface area contributed by atoms with Gasteiger partial charge in [0.15, 0.2) is 0 Å². The van der Waals surface area contributed by atoms with Crippen LogP contribution in [-0.4, -0.2) is 58.6 Å². The van der Waals surface area contributed by atoms with E-state index in [1.807, 2.05) is 20.8 Å². The molecule has 10 heteroatoms. The van der Waals surface area contributed by atoms with Crippen LogP contribution in [0, 0.1) is 29.1 Å². The smallest absolute Gasteiger partial charge is 0.311 e. The Morgan fingerprint density at radius 1 is 1.10 bits per heavy atom. The summed E-state index contributed by atoms with van der Waals surface area (Å²) in [6.07, 6.45) is 11.2. The van der Waals surface area contributed by atoms with E-state index in [9.17, 15) is 14.4 Å². The van der Waals surface area contributed by atoms with Gasteiger partial charge in [0, 0.05) is 18.8 Å². The van der Waals surface area contributed by atoms with Gasteiger partial charge >= 0.3 is 17.9 Å². The topological polar surface area (TPSA) is 132 Å². The predicted molar refractivity (Wildman–Crippen MR) is 149 cm³/mol. The highest BCUT2D eigenvalue weighted by Gasteiger charge is 2.43. The van der Waals surface area contributed by atoms with Crippen molar-refractivity contribution in [2.24, 2.45) is 29.1 Å². The number of hydrogen-bond acceptors (Lipinski definition) is 10. The lowest BCUT2D eigenvalue weighted by atomic mass is 9.65. The van der Waals surface area contributed by atoms with Gasteiger partial charge in [0.05, 0.1) is 23.8 Å². The van der Waals surface area contributed by atoms with Gasteiger partial charge in [-0.3, -0.25) is 29.6 Å². The fraction of sp³-hybridized carbons (Fsp3) is 0.774. The summed E-state index contributed by atoms with van der Waals surface area (Å²) < 4.78 is 17.5. The summed E-state index contributed by atoms with van der Waals surface area (Å²) in [4.78, 5) is 42.3. The van der Waals surface area contributed by atoms with Crippen LogP contribution in [0.4, 0.5) is 0 Å². The number of nitrogens with zero attached hydrogens (tertiary/aromatic N) is 1. The van der Waals surface area contributed by atoms with Gasteiger partial charge in [0.2, 0.25) is 0 Å². The zero-order valence-electron chi connectivity index (χ0n) is 25.3. The average molecular weight is 580 g/mol. The maximum absolute atomic E-state index is 13.1. The number of fused-ring (bicyclic) bond motifs is 1. The lowest BCUT2D eigenvalue weighted by Gasteiger charge is -2.44. The van der Waals surface area contributed by atoms with Gasteiger partial charge in [0.25, 0.3) is 0 Å². The van der Waals surface area contributed by atoms with E-state index in [4.69, 9.17) is 24.6 Å². The number of allylic oxidation sites excluding steroid dienone is 3. The molecular weight excluding hydrogens is 530 g/mol. The Kier molecular flexibility index (Phi) is 12.4. The van der Waals surface area contributed by atoms with E-state index in [0.717, 1.165) is 12.8 Å². The van der Waals surface area contributed by atoms with Gasteiger partial charge < -0.3 is 14.2 Å². The van der Waals surface area contributed by atoms with Crippen LogP contribution in [-0.2, 0) is 33.4 Å². The highest BCUT2D eigenvalue weighted by Crippen LogP contribution is 2.45. The molecule has 0 aromatic rings. The van der Waals surface area contributed by atoms with Crippen LogP contribution in [0.2, 0.25) is 0 Å². The lowest BCUT2D eigenvalue weighted by Crippen LogP contribution is -2.43. The molecule has 41 heavy (non-hydrogen) atoms. The van der Waals surface area contributed by atoms with Crippen molar-refractivity contribution in [3.8, 4) is 0 Å². The summed E-state index contributed by atoms with van der Waals surface area (Å²) in [7, 11) is 0. The summed E-state index contributed by atoms with van der Waals surface area (Å²) in [5.74, 6) is 0.0624. The molecular formula is C31H49NO9. The zero-order valence-corrected chi connectivity index (χ0v) is 25.3. The molecule has 3 aliphatic rings. The molecule has 0 bridgehead atoms. The maximum atomic E-state index is 13.1. The minimum Gasteiger partial charge on any atom is -0.462 e. The fourth-order valence-electron chi connectivity index (χ4n) is 6.09. The fourth-order valence-corrected chi connectivity index (χ4v) is 6.09. The Morgan fingerprint density at radius 3 is 2.56 bits per heavy atom. The third-order valence-corrected chi connectivity index (χ3v) is 8.86. The molecule has 7 atom stereocenters. The number of carbonyl (C=O) groups is 3. The number of unbranched alkanes of at least 4 members (excludes halogenated alkanes) is 2. The van der Waals surface area contributed by atoms with Gasteiger partial charge in [-0.1, -0.05) is 45.4 Å². The molecule has 0 saturated carbocycles. The molecule has 1 heterocycles. The molecule has 0 spiro atoms. The SMILES string of the molecule is CCC(C)(C)C(=O)O[C@H]1C[C@@H](C)C=C2C=C[C@H](C)[C@H](CCC3CC(OC(=O)CCCCCON(O)O)CC(=O)O3)[C@H]21. The molecule has 2 aliphatic carbocycles. The van der Waals surface area contributed by atoms with Crippen molar-refractivity contribution < 1.29 is 43.8 Å². The minimum absolute atomic E-state index is 0.0557. The Bertz CT molecular complexity index is 959. The van der Waals surface area contributed by atoms with Crippen molar-refractivity contribution in [1.29, 1.82) is 0 Å². The third-order valence-electron chi connectivity index (χ3n) is 8.86. The predicted octanol–water partition coefficient (Wildman–Crippen LogP) is 5.71. The maximum Gasteiger partial charge on any atom is 0.311 e. The van der Waals surface area contributed by atoms with E-state index in [1.54, 1.807) is 0 Å². The molecule has 10 nitrogen and oxygen atoms in total. The first-order valence-electron chi connectivity index (χ1n) is 15.2. The normalized spacial score (nSPS) is 29.9. The first kappa shape index (κ1) is 33.2. The summed E-state index contributed by atoms with van der Waals surface area (Å²) >= 11 is 0. The quantitative estimate of drug-likeness (QED) is 0.114. The second-order valence-corrected chi connectivity index (χ2v) is 12.6. The van der Waals surface area contributed by atoms with Crippen LogP contribution >= 0.6 is 0 Å². The monoisotopic (exact) mass is 579 g/mol. The molecule has 0 radical (unpaired) electrons. The summed E-state index contributed by atoms with van der Waals surface area (Å²) in [5, 5.41) is 16.7. The highest BCUT2D eigenvalue weighted by atomic mass is 17.1. The Balaban J connectivity index is 1.56. The van der Waals surface area contributed by atoms with Crippen molar-refractivity contribution in [3.05, 3.63) is 23.8 Å². The molecule has 3 rings (SSSR count). The second-order valence-electron chi connectivity index (χ2n) is 12.6. The number of carbonyl (C=O) groups excluding carboxylic acids is 3. The summed E-state index contributed by atoms with van der Waals surface area (Å²) in [6.45, 7) is 10.3. The summed E-state index contributed by atoms with van der Waals surface area (Å²) in [5.41, 5.74) is 0.692. The minimum atomic E-state index is -0.533. The largest absolute Gasteiger partial charge is 0.462 e. The van der Waals surface area contributed by atoms with E-state index in [2.05, 4.69) is 36.9 Å². The van der Waals surface area contributed by atoms with Crippen molar-refractivity contribution in [3.63, 3.8) is 0 Å². The number of hydrogen-bond donors (Lipinski definition) is 2. The highest BCUT2D eigenvalue weighted by molar-refractivity contribution is 5.76. The Morgan fingerprint density at radius 2 is 1.85 bits per heavy atom. The molecule has 0 amide bonds. The molecule has 2 unspecified atom stereocenters. The molecule has 232 valence electrons. The first-order valence-corrected chi connectivity index (χ1v) is 15.2. The molecule has 1 fully saturated rings. The van der Waals surface area contributed by atoms with E-state index in [1.165, 1.54) is 5.57 Å². The number of esters is 3. The Hall–Kier alpha value is -2.27. The van der Waals surface area contributed by atoms with Crippen molar-refractivity contribution in [2.45, 2.75) is 117 Å². The van der Waals surface area contributed by atoms with Crippen LogP contribution in [0.5, 0.6) is 0 Å². The van der Waals surface area contributed by atoms with E-state index in [0.29, 0.717) is 44.4 Å². The van der Waals surface area contributed by atoms with Crippen LogP contribution < -0.4 is 0 Å². The summed E-state index contributed by atoms with van der Waals surface area (Å²) in [6, 6.07) is 0. The average Bonchev–Trinajstić information content (AvgIpc) is 2.89. The number of rotatable bonds is 14.